The summed E-state index contributed by atoms with van der Waals surface area (Å²) < 4.78 is 0. The van der Waals surface area contributed by atoms with E-state index >= 15 is 0 Å². The SMILES string of the molecule is CC(C)CN1C(=O)c2ccc(C(=O)NC3CCN(C(=O)c4cccs4)CC3)cc2C1=O. The average Bonchev–Trinajstić information content (AvgIpc) is 3.37. The highest BCUT2D eigenvalue weighted by Crippen LogP contribution is 2.25. The second-order valence-corrected chi connectivity index (χ2v) is 9.34. The normalized spacial score (nSPS) is 16.7. The van der Waals surface area contributed by atoms with Gasteiger partial charge in [0.15, 0.2) is 0 Å². The highest BCUT2D eigenvalue weighted by molar-refractivity contribution is 7.12. The van der Waals surface area contributed by atoms with Gasteiger partial charge < -0.3 is 10.2 Å². The van der Waals surface area contributed by atoms with E-state index in [1.165, 1.54) is 22.3 Å². The Bertz CT molecular complexity index is 1020. The molecule has 2 aliphatic rings. The third-order valence-corrected chi connectivity index (χ3v) is 6.49. The fourth-order valence-corrected chi connectivity index (χ4v) is 4.71. The summed E-state index contributed by atoms with van der Waals surface area (Å²) in [6, 6.07) is 8.31. The largest absolute Gasteiger partial charge is 0.349 e. The molecule has 0 spiro atoms. The quantitative estimate of drug-likeness (QED) is 0.726. The van der Waals surface area contributed by atoms with Crippen LogP contribution in [0.15, 0.2) is 35.7 Å². The Hall–Kier alpha value is -3.00. The van der Waals surface area contributed by atoms with E-state index in [1.54, 1.807) is 12.1 Å². The number of nitrogens with zero attached hydrogens (tertiary/aromatic N) is 2. The molecule has 1 aromatic carbocycles. The molecule has 4 rings (SSSR count). The van der Waals surface area contributed by atoms with Crippen LogP contribution in [0.2, 0.25) is 0 Å². The number of thiophene rings is 1. The van der Waals surface area contributed by atoms with Crippen LogP contribution in [0.1, 0.15) is 67.4 Å². The molecule has 1 fully saturated rings. The average molecular weight is 440 g/mol. The van der Waals surface area contributed by atoms with E-state index < -0.39 is 0 Å². The highest BCUT2D eigenvalue weighted by atomic mass is 32.1. The summed E-state index contributed by atoms with van der Waals surface area (Å²) >= 11 is 1.43. The topological polar surface area (TPSA) is 86.8 Å². The lowest BCUT2D eigenvalue weighted by Crippen LogP contribution is -2.46. The van der Waals surface area contributed by atoms with E-state index in [1.807, 2.05) is 36.3 Å². The summed E-state index contributed by atoms with van der Waals surface area (Å²) in [5.74, 6) is -0.712. The van der Waals surface area contributed by atoms with E-state index in [0.717, 1.165) is 4.88 Å². The van der Waals surface area contributed by atoms with Crippen molar-refractivity contribution in [2.75, 3.05) is 19.6 Å². The first-order valence-corrected chi connectivity index (χ1v) is 11.4. The van der Waals surface area contributed by atoms with Crippen LogP contribution in [0.25, 0.3) is 0 Å². The van der Waals surface area contributed by atoms with Crippen molar-refractivity contribution in [2.45, 2.75) is 32.7 Å². The van der Waals surface area contributed by atoms with Crippen LogP contribution in [0.3, 0.4) is 0 Å². The van der Waals surface area contributed by atoms with Crippen LogP contribution in [0.5, 0.6) is 0 Å². The molecule has 1 aromatic heterocycles. The smallest absolute Gasteiger partial charge is 0.263 e. The number of imide groups is 1. The van der Waals surface area contributed by atoms with Gasteiger partial charge in [0.2, 0.25) is 0 Å². The van der Waals surface area contributed by atoms with Gasteiger partial charge in [0.1, 0.15) is 0 Å². The monoisotopic (exact) mass is 439 g/mol. The van der Waals surface area contributed by atoms with Gasteiger partial charge in [0.25, 0.3) is 23.6 Å². The van der Waals surface area contributed by atoms with E-state index in [9.17, 15) is 19.2 Å². The van der Waals surface area contributed by atoms with Crippen molar-refractivity contribution in [3.63, 3.8) is 0 Å². The van der Waals surface area contributed by atoms with Crippen LogP contribution in [-0.2, 0) is 0 Å². The number of carbonyl (C=O) groups is 4. The van der Waals surface area contributed by atoms with Crippen molar-refractivity contribution in [2.24, 2.45) is 5.92 Å². The van der Waals surface area contributed by atoms with Crippen molar-refractivity contribution in [1.82, 2.24) is 15.1 Å². The predicted molar refractivity (Wildman–Crippen MR) is 117 cm³/mol. The van der Waals surface area contributed by atoms with Crippen LogP contribution in [-0.4, -0.2) is 59.1 Å². The predicted octanol–water partition coefficient (Wildman–Crippen LogP) is 3.03. The standard InChI is InChI=1S/C23H25N3O4S/c1-14(2)13-26-21(28)17-6-5-15(12-18(17)22(26)29)20(27)24-16-7-9-25(10-8-16)23(30)19-4-3-11-31-19/h3-6,11-12,14,16H,7-10,13H2,1-2H3,(H,24,27). The lowest BCUT2D eigenvalue weighted by Gasteiger charge is -2.32. The van der Waals surface area contributed by atoms with Gasteiger partial charge in [-0.3, -0.25) is 24.1 Å². The number of likely N-dealkylation sites (tertiary alicyclic amines) is 1. The van der Waals surface area contributed by atoms with Gasteiger partial charge in [0.05, 0.1) is 16.0 Å². The zero-order valence-corrected chi connectivity index (χ0v) is 18.4. The van der Waals surface area contributed by atoms with Crippen molar-refractivity contribution < 1.29 is 19.2 Å². The first-order valence-electron chi connectivity index (χ1n) is 10.5. The van der Waals surface area contributed by atoms with E-state index in [-0.39, 0.29) is 41.2 Å². The molecule has 1 N–H and O–H groups in total. The summed E-state index contributed by atoms with van der Waals surface area (Å²) in [7, 11) is 0. The molecule has 2 aliphatic heterocycles. The molecular weight excluding hydrogens is 414 g/mol. The molecule has 4 amide bonds. The van der Waals surface area contributed by atoms with Crippen molar-refractivity contribution in [3.05, 3.63) is 57.3 Å². The molecule has 0 atom stereocenters. The Labute approximate surface area is 185 Å². The van der Waals surface area contributed by atoms with Crippen molar-refractivity contribution in [1.29, 1.82) is 0 Å². The molecule has 7 nitrogen and oxygen atoms in total. The fraction of sp³-hybridized carbons (Fsp3) is 0.391. The number of rotatable bonds is 5. The Balaban J connectivity index is 1.37. The number of carbonyl (C=O) groups excluding carboxylic acids is 4. The van der Waals surface area contributed by atoms with Crippen LogP contribution >= 0.6 is 11.3 Å². The maximum Gasteiger partial charge on any atom is 0.263 e. The minimum Gasteiger partial charge on any atom is -0.349 e. The molecular formula is C23H25N3O4S. The third kappa shape index (κ3) is 4.25. The number of amides is 4. The Morgan fingerprint density at radius 1 is 1.10 bits per heavy atom. The molecule has 0 unspecified atom stereocenters. The van der Waals surface area contributed by atoms with E-state index in [4.69, 9.17) is 0 Å². The van der Waals surface area contributed by atoms with E-state index in [0.29, 0.717) is 43.6 Å². The van der Waals surface area contributed by atoms with Crippen LogP contribution in [0.4, 0.5) is 0 Å². The molecule has 0 saturated carbocycles. The minimum atomic E-state index is -0.344. The lowest BCUT2D eigenvalue weighted by molar-refractivity contribution is 0.0634. The molecule has 162 valence electrons. The number of benzene rings is 1. The highest BCUT2D eigenvalue weighted by Gasteiger charge is 2.36. The molecule has 31 heavy (non-hydrogen) atoms. The lowest BCUT2D eigenvalue weighted by atomic mass is 10.0. The van der Waals surface area contributed by atoms with Gasteiger partial charge in [-0.1, -0.05) is 19.9 Å². The number of piperidine rings is 1. The van der Waals surface area contributed by atoms with E-state index in [2.05, 4.69) is 5.32 Å². The fourth-order valence-electron chi connectivity index (χ4n) is 4.01. The second kappa shape index (κ2) is 8.63. The molecule has 0 aliphatic carbocycles. The van der Waals surface area contributed by atoms with Gasteiger partial charge in [-0.15, -0.1) is 11.3 Å². The maximum atomic E-state index is 12.8. The molecule has 8 heteroatoms. The van der Waals surface area contributed by atoms with Gasteiger partial charge >= 0.3 is 0 Å². The number of hydrogen-bond acceptors (Lipinski definition) is 5. The number of nitrogens with one attached hydrogen (secondary N) is 1. The summed E-state index contributed by atoms with van der Waals surface area (Å²) in [5.41, 5.74) is 1.00. The summed E-state index contributed by atoms with van der Waals surface area (Å²) in [6.07, 6.45) is 1.35. The second-order valence-electron chi connectivity index (χ2n) is 8.39. The zero-order valence-electron chi connectivity index (χ0n) is 17.6. The number of hydrogen-bond donors (Lipinski definition) is 1. The van der Waals surface area contributed by atoms with Crippen LogP contribution in [0, 0.1) is 5.92 Å². The van der Waals surface area contributed by atoms with Gasteiger partial charge in [-0.25, -0.2) is 0 Å². The van der Waals surface area contributed by atoms with Gasteiger partial charge in [-0.2, -0.15) is 0 Å². The Morgan fingerprint density at radius 3 is 2.45 bits per heavy atom. The minimum absolute atomic E-state index is 0.0348. The zero-order chi connectivity index (χ0) is 22.1. The Kier molecular flexibility index (Phi) is 5.91. The summed E-state index contributed by atoms with van der Waals surface area (Å²) in [4.78, 5) is 54.1. The van der Waals surface area contributed by atoms with Gasteiger partial charge in [-0.05, 0) is 48.4 Å². The first kappa shape index (κ1) is 21.2. The third-order valence-electron chi connectivity index (χ3n) is 5.63. The summed E-state index contributed by atoms with van der Waals surface area (Å²) in [5, 5.41) is 4.89. The van der Waals surface area contributed by atoms with Crippen molar-refractivity contribution >= 4 is 35.0 Å². The molecule has 1 saturated heterocycles. The molecule has 3 heterocycles. The molecule has 0 bridgehead atoms. The maximum absolute atomic E-state index is 12.8. The number of fused-ring (bicyclic) bond motifs is 1. The molecule has 0 radical (unpaired) electrons. The first-order chi connectivity index (χ1) is 14.8. The molecule has 2 aromatic rings. The van der Waals surface area contributed by atoms with Gasteiger partial charge in [0, 0.05) is 31.2 Å². The Morgan fingerprint density at radius 2 is 1.81 bits per heavy atom. The summed E-state index contributed by atoms with van der Waals surface area (Å²) in [6.45, 7) is 5.42. The van der Waals surface area contributed by atoms with Crippen molar-refractivity contribution in [3.8, 4) is 0 Å². The van der Waals surface area contributed by atoms with Crippen LogP contribution < -0.4 is 5.32 Å².